The first kappa shape index (κ1) is 22.1. The lowest BCUT2D eigenvalue weighted by Crippen LogP contribution is -2.53. The minimum absolute atomic E-state index is 0.0706. The third-order valence-electron chi connectivity index (χ3n) is 5.98. The van der Waals surface area contributed by atoms with Crippen molar-refractivity contribution >= 4 is 11.5 Å². The monoisotopic (exact) mass is 408 g/mol. The van der Waals surface area contributed by atoms with Crippen molar-refractivity contribution in [3.8, 4) is 0 Å². The minimum Gasteiger partial charge on any atom is -0.490 e. The number of aryl methyl sites for hydroxylation is 3. The van der Waals surface area contributed by atoms with Crippen LogP contribution in [0.5, 0.6) is 0 Å². The van der Waals surface area contributed by atoms with Crippen LogP contribution < -0.4 is 5.32 Å². The molecular weight excluding hydrogens is 376 g/mol. The molecule has 0 bridgehead atoms. The van der Waals surface area contributed by atoms with Gasteiger partial charge in [-0.15, -0.1) is 0 Å². The van der Waals surface area contributed by atoms with Gasteiger partial charge in [-0.25, -0.2) is 0 Å². The summed E-state index contributed by atoms with van der Waals surface area (Å²) < 4.78 is 6.40. The van der Waals surface area contributed by atoms with Crippen LogP contribution in [-0.2, 0) is 14.4 Å². The first-order valence-electron chi connectivity index (χ1n) is 10.4. The van der Waals surface area contributed by atoms with Crippen LogP contribution in [0.15, 0.2) is 54.9 Å². The minimum atomic E-state index is -0.522. The molecule has 1 amide bonds. The number of amides is 1. The van der Waals surface area contributed by atoms with E-state index in [1.54, 1.807) is 19.3 Å². The zero-order valence-corrected chi connectivity index (χ0v) is 18.5. The third-order valence-corrected chi connectivity index (χ3v) is 5.98. The number of rotatable bonds is 7. The van der Waals surface area contributed by atoms with E-state index in [1.165, 1.54) is 5.56 Å². The summed E-state index contributed by atoms with van der Waals surface area (Å²) in [6, 6.07) is 4.23. The number of nitrogens with zero attached hydrogens (tertiary/aromatic N) is 1. The highest BCUT2D eigenvalue weighted by Gasteiger charge is 2.49. The quantitative estimate of drug-likeness (QED) is 0.688. The molecule has 0 unspecified atom stereocenters. The Kier molecular flexibility index (Phi) is 6.64. The fraction of sp³-hybridized carbons (Fsp3) is 0.400. The summed E-state index contributed by atoms with van der Waals surface area (Å²) in [4.78, 5) is 18.7. The van der Waals surface area contributed by atoms with Crippen molar-refractivity contribution in [2.75, 3.05) is 26.8 Å². The molecule has 0 radical (unpaired) electrons. The van der Waals surface area contributed by atoms with E-state index in [0.717, 1.165) is 54.0 Å². The van der Waals surface area contributed by atoms with Gasteiger partial charge in [0.25, 0.3) is 5.91 Å². The molecule has 160 valence electrons. The molecule has 1 fully saturated rings. The maximum Gasteiger partial charge on any atom is 0.256 e. The third kappa shape index (κ3) is 4.13. The number of allylic oxidation sites excluding steroid dienone is 2. The Hall–Kier alpha value is -2.63. The van der Waals surface area contributed by atoms with Crippen molar-refractivity contribution in [2.45, 2.75) is 39.2 Å². The number of hydroxylamine groups is 2. The van der Waals surface area contributed by atoms with Gasteiger partial charge in [0.2, 0.25) is 0 Å². The molecule has 5 heteroatoms. The van der Waals surface area contributed by atoms with Gasteiger partial charge >= 0.3 is 0 Å². The van der Waals surface area contributed by atoms with Gasteiger partial charge in [0.1, 0.15) is 17.9 Å². The van der Waals surface area contributed by atoms with Gasteiger partial charge in [-0.05, 0) is 55.9 Å². The smallest absolute Gasteiger partial charge is 0.256 e. The number of carbonyl (C=O) groups is 1. The van der Waals surface area contributed by atoms with Crippen molar-refractivity contribution in [3.63, 3.8) is 0 Å². The maximum atomic E-state index is 13.3. The molecule has 2 aliphatic rings. The van der Waals surface area contributed by atoms with Crippen molar-refractivity contribution in [1.29, 1.82) is 0 Å². The molecule has 0 saturated carbocycles. The van der Waals surface area contributed by atoms with E-state index in [4.69, 9.17) is 9.57 Å². The van der Waals surface area contributed by atoms with Gasteiger partial charge < -0.3 is 14.9 Å². The predicted octanol–water partition coefficient (Wildman–Crippen LogP) is 4.16. The van der Waals surface area contributed by atoms with E-state index in [-0.39, 0.29) is 5.91 Å². The van der Waals surface area contributed by atoms with E-state index in [2.05, 4.69) is 51.4 Å². The summed E-state index contributed by atoms with van der Waals surface area (Å²) in [5.74, 6) is 0.661. The Balaban J connectivity index is 2.10. The second-order valence-corrected chi connectivity index (χ2v) is 8.10. The number of carbonyl (C=O) groups excluding carboxylic acids is 1. The molecule has 0 aliphatic carbocycles. The van der Waals surface area contributed by atoms with Crippen LogP contribution in [0, 0.1) is 20.8 Å². The summed E-state index contributed by atoms with van der Waals surface area (Å²) in [7, 11) is 1.68. The fourth-order valence-corrected chi connectivity index (χ4v) is 4.58. The molecule has 1 N–H and O–H groups in total. The zero-order chi connectivity index (χ0) is 21.9. The lowest BCUT2D eigenvalue weighted by molar-refractivity contribution is -0.152. The van der Waals surface area contributed by atoms with Crippen LogP contribution in [0.25, 0.3) is 5.57 Å². The molecule has 1 aromatic carbocycles. The first-order valence-corrected chi connectivity index (χ1v) is 10.4. The number of hydrogen-bond acceptors (Lipinski definition) is 4. The zero-order valence-electron chi connectivity index (χ0n) is 18.5. The van der Waals surface area contributed by atoms with E-state index < -0.39 is 5.54 Å². The number of piperidine rings is 1. The van der Waals surface area contributed by atoms with Crippen LogP contribution in [0.3, 0.4) is 0 Å². The Bertz CT molecular complexity index is 895. The Morgan fingerprint density at radius 2 is 1.83 bits per heavy atom. The molecule has 1 spiro atoms. The summed E-state index contributed by atoms with van der Waals surface area (Å²) in [6.07, 6.45) is 6.80. The van der Waals surface area contributed by atoms with Crippen molar-refractivity contribution in [3.05, 3.63) is 77.1 Å². The highest BCUT2D eigenvalue weighted by Crippen LogP contribution is 2.42. The average molecular weight is 409 g/mol. The molecule has 0 aromatic heterocycles. The summed E-state index contributed by atoms with van der Waals surface area (Å²) >= 11 is 0. The SMILES string of the molecule is C=C/C=C(\C=C)COC1=C(c2c(C)cc(C)cc2C)C(=O)NC12CCN(OC)CC2. The second-order valence-electron chi connectivity index (χ2n) is 8.10. The van der Waals surface area contributed by atoms with Crippen LogP contribution in [0.2, 0.25) is 0 Å². The van der Waals surface area contributed by atoms with Crippen molar-refractivity contribution in [1.82, 2.24) is 10.4 Å². The highest BCUT2D eigenvalue weighted by molar-refractivity contribution is 6.24. The highest BCUT2D eigenvalue weighted by atomic mass is 16.7. The van der Waals surface area contributed by atoms with E-state index in [0.29, 0.717) is 12.2 Å². The number of hydrogen-bond donors (Lipinski definition) is 1. The lowest BCUT2D eigenvalue weighted by Gasteiger charge is -2.39. The van der Waals surface area contributed by atoms with E-state index >= 15 is 0 Å². The maximum absolute atomic E-state index is 13.3. The molecular formula is C25H32N2O3. The molecule has 0 atom stereocenters. The normalized spacial score (nSPS) is 19.2. The standard InChI is InChI=1S/C25H32N2O3/c1-7-9-20(8-2)16-30-23-22(21-18(4)14-17(3)15-19(21)5)24(28)26-25(23)10-12-27(29-6)13-11-25/h7-9,14-15H,1-2,10-13,16H2,3-6H3,(H,26,28)/b20-9+. The Morgan fingerprint density at radius 1 is 1.20 bits per heavy atom. The van der Waals surface area contributed by atoms with Gasteiger partial charge in [-0.3, -0.25) is 4.79 Å². The molecule has 1 aromatic rings. The van der Waals surface area contributed by atoms with Crippen LogP contribution >= 0.6 is 0 Å². The Morgan fingerprint density at radius 3 is 2.37 bits per heavy atom. The van der Waals surface area contributed by atoms with Gasteiger partial charge in [0, 0.05) is 13.1 Å². The summed E-state index contributed by atoms with van der Waals surface area (Å²) in [5.41, 5.74) is 5.35. The van der Waals surface area contributed by atoms with Gasteiger partial charge in [0.05, 0.1) is 12.7 Å². The summed E-state index contributed by atoms with van der Waals surface area (Å²) in [6.45, 7) is 15.6. The van der Waals surface area contributed by atoms with E-state index in [1.807, 2.05) is 11.1 Å². The molecule has 1 saturated heterocycles. The molecule has 2 heterocycles. The van der Waals surface area contributed by atoms with Crippen molar-refractivity contribution in [2.24, 2.45) is 0 Å². The Labute approximate surface area is 179 Å². The first-order chi connectivity index (χ1) is 14.3. The van der Waals surface area contributed by atoms with Gasteiger partial charge in [0.15, 0.2) is 0 Å². The van der Waals surface area contributed by atoms with Gasteiger partial charge in [-0.1, -0.05) is 49.1 Å². The molecule has 3 rings (SSSR count). The number of ether oxygens (including phenoxy) is 1. The number of nitrogens with one attached hydrogen (secondary N) is 1. The second kappa shape index (κ2) is 9.02. The van der Waals surface area contributed by atoms with Crippen LogP contribution in [0.4, 0.5) is 0 Å². The molecule has 2 aliphatic heterocycles. The molecule has 30 heavy (non-hydrogen) atoms. The van der Waals surface area contributed by atoms with Gasteiger partial charge in [-0.2, -0.15) is 5.06 Å². The number of benzene rings is 1. The van der Waals surface area contributed by atoms with Crippen LogP contribution in [-0.4, -0.2) is 43.3 Å². The van der Waals surface area contributed by atoms with E-state index in [9.17, 15) is 4.79 Å². The topological polar surface area (TPSA) is 50.8 Å². The lowest BCUT2D eigenvalue weighted by atomic mass is 9.85. The largest absolute Gasteiger partial charge is 0.490 e. The molecule has 5 nitrogen and oxygen atoms in total. The van der Waals surface area contributed by atoms with Crippen LogP contribution in [0.1, 0.15) is 35.1 Å². The summed E-state index contributed by atoms with van der Waals surface area (Å²) in [5, 5.41) is 5.19. The van der Waals surface area contributed by atoms with Crippen molar-refractivity contribution < 1.29 is 14.4 Å². The predicted molar refractivity (Wildman–Crippen MR) is 121 cm³/mol. The average Bonchev–Trinajstić information content (AvgIpc) is 2.96. The fourth-order valence-electron chi connectivity index (χ4n) is 4.58.